The van der Waals surface area contributed by atoms with Crippen molar-refractivity contribution in [3.63, 3.8) is 0 Å². The zero-order valence-corrected chi connectivity index (χ0v) is 9.41. The summed E-state index contributed by atoms with van der Waals surface area (Å²) in [6.07, 6.45) is 0. The number of nitrogens with two attached hydrogens (primary N) is 1. The van der Waals surface area contributed by atoms with Crippen LogP contribution in [0, 0.1) is 6.92 Å². The standard InChI is InChI=1S/C11H19N3/c1-5-14(4)11-7-6-10(8(2)12)9(3)13-11/h6-8H,5,12H2,1-4H3. The van der Waals surface area contributed by atoms with Crippen LogP contribution in [0.15, 0.2) is 12.1 Å². The smallest absolute Gasteiger partial charge is 0.128 e. The Hall–Kier alpha value is -1.09. The van der Waals surface area contributed by atoms with Gasteiger partial charge in [0.15, 0.2) is 0 Å². The number of aromatic nitrogens is 1. The van der Waals surface area contributed by atoms with Crippen molar-refractivity contribution in [1.29, 1.82) is 0 Å². The van der Waals surface area contributed by atoms with E-state index in [1.165, 1.54) is 0 Å². The molecule has 1 unspecified atom stereocenters. The first-order chi connectivity index (χ1) is 6.56. The van der Waals surface area contributed by atoms with Crippen LogP contribution in [0.5, 0.6) is 0 Å². The van der Waals surface area contributed by atoms with Gasteiger partial charge in [0.25, 0.3) is 0 Å². The summed E-state index contributed by atoms with van der Waals surface area (Å²) in [5.41, 5.74) is 7.97. The van der Waals surface area contributed by atoms with Crippen LogP contribution in [0.2, 0.25) is 0 Å². The second kappa shape index (κ2) is 4.42. The third kappa shape index (κ3) is 2.23. The Labute approximate surface area is 85.9 Å². The Balaban J connectivity index is 3.00. The van der Waals surface area contributed by atoms with Crippen molar-refractivity contribution >= 4 is 5.82 Å². The molecule has 0 spiro atoms. The molecule has 3 nitrogen and oxygen atoms in total. The predicted octanol–water partition coefficient (Wildman–Crippen LogP) is 1.87. The van der Waals surface area contributed by atoms with Crippen LogP contribution in [0.25, 0.3) is 0 Å². The van der Waals surface area contributed by atoms with E-state index >= 15 is 0 Å². The monoisotopic (exact) mass is 193 g/mol. The quantitative estimate of drug-likeness (QED) is 0.796. The van der Waals surface area contributed by atoms with E-state index in [0.29, 0.717) is 0 Å². The fraction of sp³-hybridized carbons (Fsp3) is 0.545. The zero-order valence-electron chi connectivity index (χ0n) is 9.41. The van der Waals surface area contributed by atoms with Gasteiger partial charge in [-0.3, -0.25) is 0 Å². The van der Waals surface area contributed by atoms with Gasteiger partial charge in [-0.1, -0.05) is 6.07 Å². The maximum absolute atomic E-state index is 5.82. The van der Waals surface area contributed by atoms with Crippen LogP contribution in [-0.2, 0) is 0 Å². The van der Waals surface area contributed by atoms with Crippen LogP contribution in [0.4, 0.5) is 5.82 Å². The Morgan fingerprint density at radius 2 is 2.14 bits per heavy atom. The lowest BCUT2D eigenvalue weighted by molar-refractivity contribution is 0.796. The highest BCUT2D eigenvalue weighted by Gasteiger charge is 2.07. The predicted molar refractivity (Wildman–Crippen MR) is 60.5 cm³/mol. The van der Waals surface area contributed by atoms with Gasteiger partial charge in [-0.2, -0.15) is 0 Å². The van der Waals surface area contributed by atoms with Crippen molar-refractivity contribution in [2.45, 2.75) is 26.8 Å². The van der Waals surface area contributed by atoms with E-state index in [9.17, 15) is 0 Å². The molecule has 14 heavy (non-hydrogen) atoms. The summed E-state index contributed by atoms with van der Waals surface area (Å²) in [5.74, 6) is 1.01. The summed E-state index contributed by atoms with van der Waals surface area (Å²) >= 11 is 0. The van der Waals surface area contributed by atoms with Gasteiger partial charge < -0.3 is 10.6 Å². The first-order valence-electron chi connectivity index (χ1n) is 5.00. The molecule has 0 saturated heterocycles. The highest BCUT2D eigenvalue weighted by Crippen LogP contribution is 2.17. The summed E-state index contributed by atoms with van der Waals surface area (Å²) in [6.45, 7) is 7.05. The lowest BCUT2D eigenvalue weighted by atomic mass is 10.1. The SMILES string of the molecule is CCN(C)c1ccc(C(C)N)c(C)n1. The van der Waals surface area contributed by atoms with E-state index in [2.05, 4.69) is 22.9 Å². The molecule has 78 valence electrons. The van der Waals surface area contributed by atoms with Crippen LogP contribution in [0.1, 0.15) is 31.1 Å². The molecule has 1 atom stereocenters. The molecule has 0 bridgehead atoms. The summed E-state index contributed by atoms with van der Waals surface area (Å²) in [5, 5.41) is 0. The Bertz CT molecular complexity index is 307. The van der Waals surface area contributed by atoms with Gasteiger partial charge in [-0.05, 0) is 32.4 Å². The van der Waals surface area contributed by atoms with Crippen molar-refractivity contribution < 1.29 is 0 Å². The highest BCUT2D eigenvalue weighted by atomic mass is 15.2. The number of hydrogen-bond acceptors (Lipinski definition) is 3. The van der Waals surface area contributed by atoms with Gasteiger partial charge >= 0.3 is 0 Å². The molecule has 3 heteroatoms. The molecule has 0 saturated carbocycles. The molecule has 0 radical (unpaired) electrons. The minimum atomic E-state index is 0.0588. The normalized spacial score (nSPS) is 12.6. The molecular weight excluding hydrogens is 174 g/mol. The molecule has 1 aromatic rings. The maximum atomic E-state index is 5.82. The largest absolute Gasteiger partial charge is 0.360 e. The topological polar surface area (TPSA) is 42.1 Å². The van der Waals surface area contributed by atoms with E-state index in [1.807, 2.05) is 27.0 Å². The summed E-state index contributed by atoms with van der Waals surface area (Å²) in [7, 11) is 2.04. The average molecular weight is 193 g/mol. The van der Waals surface area contributed by atoms with E-state index in [1.54, 1.807) is 0 Å². The highest BCUT2D eigenvalue weighted by molar-refractivity contribution is 5.41. The number of pyridine rings is 1. The number of nitrogens with zero attached hydrogens (tertiary/aromatic N) is 2. The van der Waals surface area contributed by atoms with Crippen molar-refractivity contribution in [2.24, 2.45) is 5.73 Å². The van der Waals surface area contributed by atoms with E-state index in [0.717, 1.165) is 23.6 Å². The van der Waals surface area contributed by atoms with Gasteiger partial charge in [0, 0.05) is 25.3 Å². The number of aryl methyl sites for hydroxylation is 1. The first kappa shape index (κ1) is 11.0. The first-order valence-corrected chi connectivity index (χ1v) is 5.00. The second-order valence-corrected chi connectivity index (χ2v) is 3.65. The van der Waals surface area contributed by atoms with Gasteiger partial charge in [0.2, 0.25) is 0 Å². The lowest BCUT2D eigenvalue weighted by Gasteiger charge is -2.18. The fourth-order valence-corrected chi connectivity index (χ4v) is 1.41. The second-order valence-electron chi connectivity index (χ2n) is 3.65. The Morgan fingerprint density at radius 1 is 1.50 bits per heavy atom. The van der Waals surface area contributed by atoms with Crippen molar-refractivity contribution in [3.8, 4) is 0 Å². The molecule has 1 aromatic heterocycles. The summed E-state index contributed by atoms with van der Waals surface area (Å²) in [6, 6.07) is 4.15. The van der Waals surface area contributed by atoms with Crippen molar-refractivity contribution in [2.75, 3.05) is 18.5 Å². The fourth-order valence-electron chi connectivity index (χ4n) is 1.41. The van der Waals surface area contributed by atoms with E-state index < -0.39 is 0 Å². The molecule has 1 rings (SSSR count). The molecule has 0 fully saturated rings. The number of anilines is 1. The summed E-state index contributed by atoms with van der Waals surface area (Å²) < 4.78 is 0. The third-order valence-electron chi connectivity index (χ3n) is 2.47. The van der Waals surface area contributed by atoms with Crippen LogP contribution in [0.3, 0.4) is 0 Å². The van der Waals surface area contributed by atoms with Crippen LogP contribution in [-0.4, -0.2) is 18.6 Å². The van der Waals surface area contributed by atoms with Crippen molar-refractivity contribution in [1.82, 2.24) is 4.98 Å². The molecule has 0 amide bonds. The van der Waals surface area contributed by atoms with Gasteiger partial charge in [-0.25, -0.2) is 4.98 Å². The number of rotatable bonds is 3. The van der Waals surface area contributed by atoms with Gasteiger partial charge in [0.1, 0.15) is 5.82 Å². The van der Waals surface area contributed by atoms with Crippen LogP contribution < -0.4 is 10.6 Å². The Morgan fingerprint density at radius 3 is 2.57 bits per heavy atom. The minimum Gasteiger partial charge on any atom is -0.360 e. The van der Waals surface area contributed by atoms with E-state index in [4.69, 9.17) is 5.73 Å². The molecule has 0 aliphatic carbocycles. The van der Waals surface area contributed by atoms with E-state index in [-0.39, 0.29) is 6.04 Å². The van der Waals surface area contributed by atoms with Crippen molar-refractivity contribution in [3.05, 3.63) is 23.4 Å². The van der Waals surface area contributed by atoms with Gasteiger partial charge in [0.05, 0.1) is 0 Å². The third-order valence-corrected chi connectivity index (χ3v) is 2.47. The lowest BCUT2D eigenvalue weighted by Crippen LogP contribution is -2.18. The molecule has 0 aromatic carbocycles. The summed E-state index contributed by atoms with van der Waals surface area (Å²) in [4.78, 5) is 6.62. The maximum Gasteiger partial charge on any atom is 0.128 e. The van der Waals surface area contributed by atoms with Gasteiger partial charge in [-0.15, -0.1) is 0 Å². The molecule has 2 N–H and O–H groups in total. The zero-order chi connectivity index (χ0) is 10.7. The van der Waals surface area contributed by atoms with Crippen LogP contribution >= 0.6 is 0 Å². The Kier molecular flexibility index (Phi) is 3.47. The molecule has 0 aliphatic heterocycles. The minimum absolute atomic E-state index is 0.0588. The molecule has 1 heterocycles. The molecule has 0 aliphatic rings. The molecular formula is C11H19N3. The number of hydrogen-bond donors (Lipinski definition) is 1. The average Bonchev–Trinajstić information content (AvgIpc) is 2.15.